The lowest BCUT2D eigenvalue weighted by molar-refractivity contribution is -0.138. The molecule has 6 N–H and O–H groups in total. The number of aromatic nitrogens is 4. The molecular weight excluding hydrogens is 534 g/mol. The number of aliphatic hydroxyl groups is 2. The van der Waals surface area contributed by atoms with Gasteiger partial charge >= 0.3 is 5.97 Å². The Morgan fingerprint density at radius 1 is 1.15 bits per heavy atom. The lowest BCUT2D eigenvalue weighted by Crippen LogP contribution is -2.42. The van der Waals surface area contributed by atoms with Crippen molar-refractivity contribution in [1.82, 2.24) is 19.5 Å². The molecule has 4 aromatic rings. The minimum absolute atomic E-state index is 0.0733. The van der Waals surface area contributed by atoms with Crippen LogP contribution in [0.4, 0.5) is 5.82 Å². The van der Waals surface area contributed by atoms with Crippen molar-refractivity contribution in [1.29, 1.82) is 0 Å². The molecule has 1 fully saturated rings. The second-order valence-electron chi connectivity index (χ2n) is 9.61. The number of carboxylic acids is 1. The number of carbonyl (C=O) groups is 1. The molecule has 1 aliphatic heterocycles. The number of nitrogens with two attached hydrogens (primary N) is 1. The smallest absolute Gasteiger partial charge is 0.334 e. The Morgan fingerprint density at radius 2 is 1.90 bits per heavy atom. The Labute approximate surface area is 234 Å². The van der Waals surface area contributed by atoms with E-state index in [0.29, 0.717) is 11.1 Å². The number of aliphatic carboxylic acids is 1. The van der Waals surface area contributed by atoms with Gasteiger partial charge in [-0.05, 0) is 36.3 Å². The van der Waals surface area contributed by atoms with Crippen molar-refractivity contribution >= 4 is 29.0 Å². The predicted octanol–water partition coefficient (Wildman–Crippen LogP) is 1.80. The largest absolute Gasteiger partial charge is 0.504 e. The number of nitrogen functional groups attached to an aromatic ring is 1. The summed E-state index contributed by atoms with van der Waals surface area (Å²) in [4.78, 5) is 24.9. The summed E-state index contributed by atoms with van der Waals surface area (Å²) in [6.45, 7) is 1.77. The lowest BCUT2D eigenvalue weighted by Gasteiger charge is -2.27. The highest BCUT2D eigenvalue weighted by Gasteiger charge is 2.50. The first kappa shape index (κ1) is 28.0. The number of imidazole rings is 1. The third-order valence-electron chi connectivity index (χ3n) is 6.86. The number of hydrogen-bond acceptors (Lipinski definition) is 11. The number of methoxy groups -OCH3 is 1. The van der Waals surface area contributed by atoms with Crippen LogP contribution in [0.1, 0.15) is 22.9 Å². The number of aliphatic hydroxyl groups excluding tert-OH is 2. The Hall–Kier alpha value is -4.56. The average molecular weight is 564 g/mol. The van der Waals surface area contributed by atoms with Gasteiger partial charge in [0.05, 0.1) is 25.6 Å². The molecular formula is C28H29N5O8. The van der Waals surface area contributed by atoms with Crippen molar-refractivity contribution in [2.45, 2.75) is 44.2 Å². The molecule has 0 spiro atoms. The number of phenols is 1. The van der Waals surface area contributed by atoms with Gasteiger partial charge < -0.3 is 40.4 Å². The Balaban J connectivity index is 1.52. The minimum Gasteiger partial charge on any atom is -0.504 e. The molecule has 3 heterocycles. The number of rotatable bonds is 9. The van der Waals surface area contributed by atoms with Gasteiger partial charge in [-0.2, -0.15) is 0 Å². The number of anilines is 1. The van der Waals surface area contributed by atoms with E-state index >= 15 is 0 Å². The van der Waals surface area contributed by atoms with E-state index < -0.39 is 36.6 Å². The van der Waals surface area contributed by atoms with Gasteiger partial charge in [0.2, 0.25) is 0 Å². The zero-order chi connectivity index (χ0) is 29.3. The van der Waals surface area contributed by atoms with E-state index in [2.05, 4.69) is 15.0 Å². The molecule has 214 valence electrons. The molecule has 0 radical (unpaired) electrons. The third kappa shape index (κ3) is 5.56. The molecule has 5 atom stereocenters. The van der Waals surface area contributed by atoms with Gasteiger partial charge in [0, 0.05) is 0 Å². The van der Waals surface area contributed by atoms with Crippen LogP contribution in [-0.4, -0.2) is 77.4 Å². The highest BCUT2D eigenvalue weighted by atomic mass is 16.6. The molecule has 2 aromatic carbocycles. The first-order valence-electron chi connectivity index (χ1n) is 12.6. The van der Waals surface area contributed by atoms with Crippen molar-refractivity contribution in [3.8, 4) is 11.5 Å². The molecule has 0 amide bonds. The van der Waals surface area contributed by atoms with E-state index in [0.717, 1.165) is 5.56 Å². The molecule has 5 rings (SSSR count). The van der Waals surface area contributed by atoms with E-state index in [-0.39, 0.29) is 40.7 Å². The van der Waals surface area contributed by atoms with Crippen LogP contribution in [0.3, 0.4) is 0 Å². The number of carboxylic acid groups (broad SMARTS) is 1. The number of aromatic hydroxyl groups is 1. The molecule has 1 unspecified atom stereocenters. The first-order chi connectivity index (χ1) is 19.7. The number of hydrogen-bond donors (Lipinski definition) is 5. The summed E-state index contributed by atoms with van der Waals surface area (Å²) in [7, 11) is 1.40. The van der Waals surface area contributed by atoms with Crippen molar-refractivity contribution in [2.75, 3.05) is 12.8 Å². The van der Waals surface area contributed by atoms with Gasteiger partial charge in [0.15, 0.2) is 29.2 Å². The summed E-state index contributed by atoms with van der Waals surface area (Å²) in [6, 6.07) is 11.7. The molecule has 0 bridgehead atoms. The van der Waals surface area contributed by atoms with Crippen molar-refractivity contribution < 1.29 is 39.4 Å². The summed E-state index contributed by atoms with van der Waals surface area (Å²) in [5.74, 6) is -1.05. The predicted molar refractivity (Wildman–Crippen MR) is 146 cm³/mol. The second-order valence-corrected chi connectivity index (χ2v) is 9.61. The second kappa shape index (κ2) is 11.5. The van der Waals surface area contributed by atoms with Crippen molar-refractivity contribution in [2.24, 2.45) is 0 Å². The fourth-order valence-electron chi connectivity index (χ4n) is 4.69. The number of fused-ring (bicyclic) bond motifs is 1. The highest BCUT2D eigenvalue weighted by Crippen LogP contribution is 2.37. The molecule has 0 saturated carbocycles. The maximum absolute atomic E-state index is 12.6. The number of aryl methyl sites for hydroxylation is 1. The maximum atomic E-state index is 12.6. The van der Waals surface area contributed by atoms with Crippen LogP contribution < -0.4 is 10.5 Å². The van der Waals surface area contributed by atoms with Gasteiger partial charge in [-0.25, -0.2) is 19.7 Å². The molecule has 1 saturated heterocycles. The van der Waals surface area contributed by atoms with E-state index in [4.69, 9.17) is 19.9 Å². The van der Waals surface area contributed by atoms with Crippen LogP contribution in [-0.2, 0) is 20.9 Å². The van der Waals surface area contributed by atoms with Gasteiger partial charge in [-0.3, -0.25) is 4.57 Å². The summed E-state index contributed by atoms with van der Waals surface area (Å²) < 4.78 is 18.8. The zero-order valence-electron chi connectivity index (χ0n) is 22.2. The van der Waals surface area contributed by atoms with Crippen LogP contribution in [0, 0.1) is 6.92 Å². The summed E-state index contributed by atoms with van der Waals surface area (Å²) in [6.07, 6.45) is -2.91. The minimum atomic E-state index is -1.56. The summed E-state index contributed by atoms with van der Waals surface area (Å²) in [5.41, 5.74) is 8.36. The van der Waals surface area contributed by atoms with E-state index in [9.17, 15) is 25.2 Å². The number of benzene rings is 2. The molecule has 0 aliphatic carbocycles. The van der Waals surface area contributed by atoms with Crippen LogP contribution in [0.25, 0.3) is 17.2 Å². The van der Waals surface area contributed by atoms with Crippen molar-refractivity contribution in [3.63, 3.8) is 0 Å². The van der Waals surface area contributed by atoms with E-state index in [1.54, 1.807) is 24.3 Å². The fraction of sp³-hybridized carbons (Fsp3) is 0.286. The third-order valence-corrected chi connectivity index (χ3v) is 6.86. The highest BCUT2D eigenvalue weighted by molar-refractivity contribution is 5.93. The molecule has 13 nitrogen and oxygen atoms in total. The van der Waals surface area contributed by atoms with Gasteiger partial charge in [0.1, 0.15) is 36.3 Å². The quantitative estimate of drug-likeness (QED) is 0.186. The summed E-state index contributed by atoms with van der Waals surface area (Å²) in [5, 5.41) is 42.4. The summed E-state index contributed by atoms with van der Waals surface area (Å²) >= 11 is 0. The van der Waals surface area contributed by atoms with Crippen LogP contribution >= 0.6 is 0 Å². The van der Waals surface area contributed by atoms with E-state index in [1.165, 1.54) is 36.5 Å². The SMILES string of the molecule is COc1cc(COC(C(=Cc2ccc(C)cc2)C(=O)O)[C@H]2O[C@@H](n3cnc4c(N)ncnc43)[C@H](O)[C@@H]2O)ccc1O. The Morgan fingerprint density at radius 3 is 2.61 bits per heavy atom. The van der Waals surface area contributed by atoms with Gasteiger partial charge in [0.25, 0.3) is 0 Å². The molecule has 41 heavy (non-hydrogen) atoms. The van der Waals surface area contributed by atoms with Crippen LogP contribution in [0.2, 0.25) is 0 Å². The fourth-order valence-corrected chi connectivity index (χ4v) is 4.69. The van der Waals surface area contributed by atoms with Crippen molar-refractivity contribution in [3.05, 3.63) is 77.4 Å². The maximum Gasteiger partial charge on any atom is 0.334 e. The standard InChI is InChI=1S/C28H29N5O8/c1-14-3-5-15(6-4-14)9-17(28(37)38)23(40-11-16-7-8-18(34)19(10-16)39-2)24-21(35)22(36)27(41-24)33-13-32-20-25(29)30-12-31-26(20)33/h3-10,12-13,21-24,27,34-36H,11H2,1-2H3,(H,37,38)(H2,29,30,31)/t21-,22+,23?,24-,27+/m0/s1. The van der Waals surface area contributed by atoms with Crippen LogP contribution in [0.5, 0.6) is 11.5 Å². The average Bonchev–Trinajstić information content (AvgIpc) is 3.51. The number of phenolic OH excluding ortho intramolecular Hbond substituents is 1. The van der Waals surface area contributed by atoms with E-state index in [1.807, 2.05) is 19.1 Å². The molecule has 1 aliphatic rings. The zero-order valence-corrected chi connectivity index (χ0v) is 22.2. The normalized spacial score (nSPS) is 21.7. The monoisotopic (exact) mass is 563 g/mol. The van der Waals surface area contributed by atoms with Gasteiger partial charge in [-0.15, -0.1) is 0 Å². The topological polar surface area (TPSA) is 195 Å². The molecule has 2 aromatic heterocycles. The lowest BCUT2D eigenvalue weighted by atomic mass is 9.96. The Bertz CT molecular complexity index is 1590. The van der Waals surface area contributed by atoms with Gasteiger partial charge in [-0.1, -0.05) is 35.9 Å². The number of ether oxygens (including phenoxy) is 3. The first-order valence-corrected chi connectivity index (χ1v) is 12.6. The Kier molecular flexibility index (Phi) is 7.85. The van der Waals surface area contributed by atoms with Crippen LogP contribution in [0.15, 0.2) is 60.7 Å². The number of nitrogens with zero attached hydrogens (tertiary/aromatic N) is 4. The molecule has 13 heteroatoms.